The molecule has 1 rings (SSSR count). The Bertz CT molecular complexity index is 224. The molecule has 0 bridgehead atoms. The van der Waals surface area contributed by atoms with Crippen LogP contribution in [0.3, 0.4) is 0 Å². The van der Waals surface area contributed by atoms with Crippen LogP contribution in [-0.4, -0.2) is 37.7 Å². The van der Waals surface area contributed by atoms with Crippen LogP contribution in [0.2, 0.25) is 0 Å². The van der Waals surface area contributed by atoms with Crippen LogP contribution in [0.4, 0.5) is 0 Å². The van der Waals surface area contributed by atoms with Crippen LogP contribution in [0.15, 0.2) is 0 Å². The molecule has 0 amide bonds. The normalized spacial score (nSPS) is 18.9. The Kier molecular flexibility index (Phi) is 6.26. The van der Waals surface area contributed by atoms with Crippen molar-refractivity contribution in [3.8, 4) is 0 Å². The Balaban J connectivity index is 0.000000292. The zero-order valence-electron chi connectivity index (χ0n) is 8.69. The SMILES string of the molecule is C[NH+](C)C1CCCCC1.O=S(=O)([O-])O. The van der Waals surface area contributed by atoms with Crippen LogP contribution in [0.25, 0.3) is 0 Å². The third kappa shape index (κ3) is 9.91. The number of nitrogens with one attached hydrogen (secondary N) is 1. The largest absolute Gasteiger partial charge is 0.726 e. The molecule has 0 aliphatic heterocycles. The molecule has 0 radical (unpaired) electrons. The summed E-state index contributed by atoms with van der Waals surface area (Å²) in [5.41, 5.74) is 0. The van der Waals surface area contributed by atoms with Gasteiger partial charge in [0, 0.05) is 0 Å². The molecule has 0 aromatic heterocycles. The summed E-state index contributed by atoms with van der Waals surface area (Å²) in [6.45, 7) is 0. The average Bonchev–Trinajstić information content (AvgIpc) is 2.03. The maximum Gasteiger partial charge on any atom is 0.215 e. The van der Waals surface area contributed by atoms with Crippen LogP contribution in [0.5, 0.6) is 0 Å². The predicted molar refractivity (Wildman–Crippen MR) is 52.0 cm³/mol. The summed E-state index contributed by atoms with van der Waals surface area (Å²) in [6.07, 6.45) is 7.33. The first-order valence-electron chi connectivity index (χ1n) is 4.79. The summed E-state index contributed by atoms with van der Waals surface area (Å²) in [6, 6.07) is 0.971. The van der Waals surface area contributed by atoms with Crippen molar-refractivity contribution in [2.45, 2.75) is 38.1 Å². The maximum absolute atomic E-state index is 8.63. The fraction of sp³-hybridized carbons (Fsp3) is 1.00. The summed E-state index contributed by atoms with van der Waals surface area (Å²) in [5, 5.41) is 0. The van der Waals surface area contributed by atoms with E-state index in [0.29, 0.717) is 0 Å². The van der Waals surface area contributed by atoms with E-state index in [1.54, 1.807) is 4.90 Å². The van der Waals surface area contributed by atoms with Gasteiger partial charge in [0.25, 0.3) is 0 Å². The highest BCUT2D eigenvalue weighted by Gasteiger charge is 2.17. The molecule has 0 atom stereocenters. The second-order valence-corrected chi connectivity index (χ2v) is 4.70. The van der Waals surface area contributed by atoms with Gasteiger partial charge in [0.2, 0.25) is 10.4 Å². The first-order chi connectivity index (χ1) is 6.30. The Morgan fingerprint density at radius 2 is 1.57 bits per heavy atom. The summed E-state index contributed by atoms with van der Waals surface area (Å²) in [4.78, 5) is 1.65. The van der Waals surface area contributed by atoms with Crippen molar-refractivity contribution < 1.29 is 22.4 Å². The fourth-order valence-corrected chi connectivity index (χ4v) is 1.68. The molecular formula is C8H19NO4S. The highest BCUT2D eigenvalue weighted by molar-refractivity contribution is 7.79. The zero-order valence-corrected chi connectivity index (χ0v) is 9.51. The van der Waals surface area contributed by atoms with Crippen molar-refractivity contribution in [3.63, 3.8) is 0 Å². The van der Waals surface area contributed by atoms with Crippen molar-refractivity contribution in [3.05, 3.63) is 0 Å². The molecule has 86 valence electrons. The summed E-state index contributed by atoms with van der Waals surface area (Å²) < 4.78 is 32.8. The van der Waals surface area contributed by atoms with Gasteiger partial charge in [0.1, 0.15) is 0 Å². The van der Waals surface area contributed by atoms with Gasteiger partial charge in [-0.15, -0.1) is 0 Å². The van der Waals surface area contributed by atoms with E-state index >= 15 is 0 Å². The summed E-state index contributed by atoms with van der Waals surface area (Å²) >= 11 is 0. The van der Waals surface area contributed by atoms with E-state index in [1.807, 2.05) is 0 Å². The molecule has 5 nitrogen and oxygen atoms in total. The third-order valence-electron chi connectivity index (χ3n) is 2.42. The predicted octanol–water partition coefficient (Wildman–Crippen LogP) is -0.532. The van der Waals surface area contributed by atoms with Gasteiger partial charge in [0.15, 0.2) is 0 Å². The fourth-order valence-electron chi connectivity index (χ4n) is 1.68. The van der Waals surface area contributed by atoms with E-state index in [2.05, 4.69) is 14.1 Å². The van der Waals surface area contributed by atoms with E-state index in [-0.39, 0.29) is 0 Å². The highest BCUT2D eigenvalue weighted by Crippen LogP contribution is 2.14. The lowest BCUT2D eigenvalue weighted by atomic mass is 9.95. The van der Waals surface area contributed by atoms with Crippen LogP contribution >= 0.6 is 0 Å². The Hall–Kier alpha value is -0.170. The molecule has 6 heteroatoms. The van der Waals surface area contributed by atoms with Gasteiger partial charge in [-0.1, -0.05) is 6.42 Å². The van der Waals surface area contributed by atoms with Gasteiger partial charge in [-0.2, -0.15) is 0 Å². The van der Waals surface area contributed by atoms with Gasteiger partial charge >= 0.3 is 0 Å². The van der Waals surface area contributed by atoms with Gasteiger partial charge < -0.3 is 9.45 Å². The van der Waals surface area contributed by atoms with E-state index < -0.39 is 10.4 Å². The Labute approximate surface area is 85.7 Å². The molecule has 1 saturated carbocycles. The van der Waals surface area contributed by atoms with Gasteiger partial charge in [-0.05, 0) is 25.7 Å². The van der Waals surface area contributed by atoms with Gasteiger partial charge in [-0.25, -0.2) is 8.42 Å². The maximum atomic E-state index is 8.63. The number of rotatable bonds is 1. The molecule has 1 aliphatic carbocycles. The summed E-state index contributed by atoms with van der Waals surface area (Å²) in [5.74, 6) is 0. The second-order valence-electron chi connectivity index (χ2n) is 3.84. The molecule has 0 spiro atoms. The standard InChI is InChI=1S/C8H17N.H2O4S/c1-9(2)8-6-4-3-5-7-8;1-5(2,3)4/h8H,3-7H2,1-2H3;(H2,1,2,3,4). The molecule has 1 aliphatic rings. The van der Waals surface area contributed by atoms with E-state index in [1.165, 1.54) is 32.1 Å². The molecule has 2 N–H and O–H groups in total. The molecule has 0 aromatic carbocycles. The van der Waals surface area contributed by atoms with Gasteiger partial charge in [-0.3, -0.25) is 4.55 Å². The van der Waals surface area contributed by atoms with Crippen LogP contribution in [0.1, 0.15) is 32.1 Å². The number of hydrogen-bond acceptors (Lipinski definition) is 3. The minimum absolute atomic E-state index is 0.971. The first-order valence-corrected chi connectivity index (χ1v) is 6.15. The minimum atomic E-state index is -4.92. The van der Waals surface area contributed by atoms with Crippen molar-refractivity contribution >= 4 is 10.4 Å². The highest BCUT2D eigenvalue weighted by atomic mass is 32.3. The number of quaternary nitrogens is 1. The minimum Gasteiger partial charge on any atom is -0.726 e. The van der Waals surface area contributed by atoms with Gasteiger partial charge in [0.05, 0.1) is 20.1 Å². The molecule has 14 heavy (non-hydrogen) atoms. The van der Waals surface area contributed by atoms with Crippen LogP contribution in [-0.2, 0) is 10.4 Å². The molecule has 0 aromatic rings. The van der Waals surface area contributed by atoms with Crippen LogP contribution < -0.4 is 4.90 Å². The lowest BCUT2D eigenvalue weighted by molar-refractivity contribution is -0.887. The van der Waals surface area contributed by atoms with Crippen molar-refractivity contribution in [1.82, 2.24) is 0 Å². The summed E-state index contributed by atoms with van der Waals surface area (Å²) in [7, 11) is -0.369. The zero-order chi connectivity index (χ0) is 11.2. The lowest BCUT2D eigenvalue weighted by Gasteiger charge is -2.24. The molecule has 0 saturated heterocycles. The molecule has 0 unspecified atom stereocenters. The van der Waals surface area contributed by atoms with E-state index in [4.69, 9.17) is 17.5 Å². The average molecular weight is 225 g/mol. The Morgan fingerprint density at radius 1 is 1.21 bits per heavy atom. The topological polar surface area (TPSA) is 81.9 Å². The molecular weight excluding hydrogens is 206 g/mol. The van der Waals surface area contributed by atoms with Crippen molar-refractivity contribution in [2.75, 3.05) is 14.1 Å². The third-order valence-corrected chi connectivity index (χ3v) is 2.42. The van der Waals surface area contributed by atoms with E-state index in [0.717, 1.165) is 6.04 Å². The van der Waals surface area contributed by atoms with Crippen LogP contribution in [0, 0.1) is 0 Å². The monoisotopic (exact) mass is 225 g/mol. The van der Waals surface area contributed by atoms with Crippen molar-refractivity contribution in [1.29, 1.82) is 0 Å². The molecule has 0 heterocycles. The smallest absolute Gasteiger partial charge is 0.215 e. The Morgan fingerprint density at radius 3 is 1.79 bits per heavy atom. The number of hydrogen-bond donors (Lipinski definition) is 2. The van der Waals surface area contributed by atoms with E-state index in [9.17, 15) is 0 Å². The molecule has 1 fully saturated rings. The van der Waals surface area contributed by atoms with Crippen molar-refractivity contribution in [2.24, 2.45) is 0 Å². The second kappa shape index (κ2) is 6.34. The lowest BCUT2D eigenvalue weighted by Crippen LogP contribution is -3.10. The first kappa shape index (κ1) is 13.8. The quantitative estimate of drug-likeness (QED) is 0.464.